The highest BCUT2D eigenvalue weighted by atomic mass is 17.3. The Balaban J connectivity index is 6.17. The Morgan fingerprint density at radius 3 is 1.89 bits per heavy atom. The monoisotopic (exact) mass is 556 g/mol. The lowest BCUT2D eigenvalue weighted by molar-refractivity contribution is -0.631. The first-order valence-electron chi connectivity index (χ1n) is 14.2. The molecular formula is C27H56O11. The van der Waals surface area contributed by atoms with Crippen LogP contribution in [0.1, 0.15) is 93.9 Å². The predicted octanol–water partition coefficient (Wildman–Crippen LogP) is 5.70. The van der Waals surface area contributed by atoms with Crippen LogP contribution < -0.4 is 0 Å². The molecule has 0 aromatic heterocycles. The maximum Gasteiger partial charge on any atom is 0.376 e. The molecule has 0 aliphatic heterocycles. The zero-order valence-corrected chi connectivity index (χ0v) is 25.4. The molecular weight excluding hydrogens is 500 g/mol. The van der Waals surface area contributed by atoms with E-state index in [9.17, 15) is 0 Å². The van der Waals surface area contributed by atoms with Crippen molar-refractivity contribution >= 4 is 0 Å². The molecule has 0 radical (unpaired) electrons. The Bertz CT molecular complexity index is 523. The summed E-state index contributed by atoms with van der Waals surface area (Å²) in [4.78, 5) is 33.5. The average molecular weight is 557 g/mol. The topological polar surface area (TPSA) is 102 Å². The fourth-order valence-corrected chi connectivity index (χ4v) is 3.11. The van der Waals surface area contributed by atoms with Gasteiger partial charge in [0.05, 0.1) is 32.5 Å². The normalized spacial score (nSPS) is 16.2. The number of unbranched alkanes of at least 4 members (excludes halogenated alkanes) is 3. The molecule has 0 bridgehead atoms. The molecule has 0 aliphatic carbocycles. The van der Waals surface area contributed by atoms with E-state index in [1.165, 1.54) is 7.11 Å². The van der Waals surface area contributed by atoms with Gasteiger partial charge in [-0.05, 0) is 46.0 Å². The number of ether oxygens (including phenoxy) is 5. The van der Waals surface area contributed by atoms with Gasteiger partial charge in [-0.15, -0.1) is 0 Å². The summed E-state index contributed by atoms with van der Waals surface area (Å²) in [6.07, 6.45) is 3.75. The van der Waals surface area contributed by atoms with Crippen molar-refractivity contribution in [3.63, 3.8) is 0 Å². The van der Waals surface area contributed by atoms with Crippen LogP contribution in [0.2, 0.25) is 0 Å². The number of methoxy groups -OCH3 is 1. The molecule has 3 atom stereocenters. The van der Waals surface area contributed by atoms with Gasteiger partial charge in [-0.25, -0.2) is 19.6 Å². The zero-order valence-electron chi connectivity index (χ0n) is 25.4. The van der Waals surface area contributed by atoms with E-state index in [-0.39, 0.29) is 45.6 Å². The molecule has 11 nitrogen and oxygen atoms in total. The molecule has 0 fully saturated rings. The van der Waals surface area contributed by atoms with Crippen molar-refractivity contribution in [3.8, 4) is 0 Å². The third-order valence-electron chi connectivity index (χ3n) is 4.89. The van der Waals surface area contributed by atoms with Gasteiger partial charge in [0.25, 0.3) is 0 Å². The van der Waals surface area contributed by atoms with Gasteiger partial charge in [0.15, 0.2) is 0 Å². The highest BCUT2D eigenvalue weighted by Gasteiger charge is 2.68. The van der Waals surface area contributed by atoms with E-state index in [1.54, 1.807) is 0 Å². The quantitative estimate of drug-likeness (QED) is 0.0513. The van der Waals surface area contributed by atoms with Crippen molar-refractivity contribution in [1.82, 2.24) is 0 Å². The van der Waals surface area contributed by atoms with E-state index in [4.69, 9.17) is 53.0 Å². The van der Waals surface area contributed by atoms with E-state index >= 15 is 0 Å². The molecule has 0 spiro atoms. The lowest BCUT2D eigenvalue weighted by atomic mass is 10.2. The number of rotatable bonds is 28. The Kier molecular flexibility index (Phi) is 23.0. The Labute approximate surface area is 230 Å². The lowest BCUT2D eigenvalue weighted by Crippen LogP contribution is -2.69. The Hall–Kier alpha value is -0.440. The van der Waals surface area contributed by atoms with Crippen molar-refractivity contribution in [2.75, 3.05) is 53.4 Å². The summed E-state index contributed by atoms with van der Waals surface area (Å²) in [7, 11) is 1.47. The second-order valence-corrected chi connectivity index (χ2v) is 9.48. The Morgan fingerprint density at radius 1 is 0.632 bits per heavy atom. The second kappa shape index (κ2) is 23.3. The molecule has 11 heteroatoms. The molecule has 0 amide bonds. The van der Waals surface area contributed by atoms with Gasteiger partial charge in [-0.1, -0.05) is 53.9 Å². The first-order valence-corrected chi connectivity index (χ1v) is 14.2. The number of hydrogen-bond donors (Lipinski definition) is 0. The van der Waals surface area contributed by atoms with Gasteiger partial charge < -0.3 is 23.7 Å². The summed E-state index contributed by atoms with van der Waals surface area (Å²) in [5, 5.41) is 0. The largest absolute Gasteiger partial charge is 0.376 e. The standard InChI is InChI=1S/C27H56O11/c1-10-14-16-19-32-33-20-21-34-38-27(36-24(7)8,31-18-15-11-2)26(30-17-12-3,25(28-9)29-13-4)37-35-22-23(5)6/h23-25H,10-22H2,1-9H3. The third-order valence-corrected chi connectivity index (χ3v) is 4.89. The molecule has 0 aromatic rings. The summed E-state index contributed by atoms with van der Waals surface area (Å²) in [5.74, 6) is -3.92. The molecule has 230 valence electrons. The van der Waals surface area contributed by atoms with E-state index in [0.29, 0.717) is 19.4 Å². The molecule has 0 N–H and O–H groups in total. The van der Waals surface area contributed by atoms with Gasteiger partial charge in [0, 0.05) is 13.7 Å². The lowest BCUT2D eigenvalue weighted by Gasteiger charge is -2.47. The summed E-state index contributed by atoms with van der Waals surface area (Å²) < 4.78 is 30.4. The summed E-state index contributed by atoms with van der Waals surface area (Å²) in [6.45, 7) is 17.3. The van der Waals surface area contributed by atoms with E-state index in [2.05, 4.69) is 6.92 Å². The number of hydrogen-bond acceptors (Lipinski definition) is 11. The highest BCUT2D eigenvalue weighted by molar-refractivity contribution is 4.86. The van der Waals surface area contributed by atoms with Crippen LogP contribution in [-0.4, -0.2) is 77.5 Å². The van der Waals surface area contributed by atoms with Crippen LogP contribution >= 0.6 is 0 Å². The van der Waals surface area contributed by atoms with Crippen LogP contribution in [0.4, 0.5) is 0 Å². The predicted molar refractivity (Wildman–Crippen MR) is 142 cm³/mol. The average Bonchev–Trinajstić information content (AvgIpc) is 2.88. The third kappa shape index (κ3) is 14.3. The smallest absolute Gasteiger partial charge is 0.351 e. The van der Waals surface area contributed by atoms with Crippen LogP contribution in [-0.2, 0) is 53.0 Å². The first kappa shape index (κ1) is 37.6. The minimum Gasteiger partial charge on any atom is -0.351 e. The molecule has 38 heavy (non-hydrogen) atoms. The summed E-state index contributed by atoms with van der Waals surface area (Å²) in [5.41, 5.74) is 0. The van der Waals surface area contributed by atoms with Crippen molar-refractivity contribution in [3.05, 3.63) is 0 Å². The maximum atomic E-state index is 6.29. The minimum absolute atomic E-state index is 0.0110. The van der Waals surface area contributed by atoms with E-state index in [1.807, 2.05) is 48.5 Å². The molecule has 0 aromatic carbocycles. The van der Waals surface area contributed by atoms with Crippen molar-refractivity contribution in [2.24, 2.45) is 5.92 Å². The maximum absolute atomic E-state index is 6.29. The van der Waals surface area contributed by atoms with Crippen LogP contribution in [0.5, 0.6) is 0 Å². The highest BCUT2D eigenvalue weighted by Crippen LogP contribution is 2.41. The molecule has 0 heterocycles. The SMILES string of the molecule is CCCCCOOCCOOC(OCCCC)(OC(C)C)C(OCCC)(OOCC(C)C)C(OC)OCC. The zero-order chi connectivity index (χ0) is 28.7. The first-order chi connectivity index (χ1) is 18.3. The fraction of sp³-hybridized carbons (Fsp3) is 1.00. The Morgan fingerprint density at radius 2 is 1.32 bits per heavy atom. The second-order valence-electron chi connectivity index (χ2n) is 9.48. The van der Waals surface area contributed by atoms with Crippen LogP contribution in [0.15, 0.2) is 0 Å². The van der Waals surface area contributed by atoms with Gasteiger partial charge in [-0.2, -0.15) is 9.78 Å². The van der Waals surface area contributed by atoms with Crippen molar-refractivity contribution in [2.45, 2.75) is 118 Å². The van der Waals surface area contributed by atoms with Gasteiger partial charge in [0.2, 0.25) is 6.29 Å². The fourth-order valence-electron chi connectivity index (χ4n) is 3.11. The van der Waals surface area contributed by atoms with Gasteiger partial charge in [0.1, 0.15) is 13.2 Å². The van der Waals surface area contributed by atoms with E-state index < -0.39 is 24.2 Å². The van der Waals surface area contributed by atoms with E-state index in [0.717, 1.165) is 25.7 Å². The van der Waals surface area contributed by atoms with Gasteiger partial charge >= 0.3 is 11.8 Å². The minimum atomic E-state index is -2.10. The van der Waals surface area contributed by atoms with Gasteiger partial charge in [-0.3, -0.25) is 0 Å². The molecule has 0 saturated heterocycles. The van der Waals surface area contributed by atoms with Crippen LogP contribution in [0.3, 0.4) is 0 Å². The van der Waals surface area contributed by atoms with Crippen molar-refractivity contribution in [1.29, 1.82) is 0 Å². The van der Waals surface area contributed by atoms with Crippen LogP contribution in [0.25, 0.3) is 0 Å². The summed E-state index contributed by atoms with van der Waals surface area (Å²) >= 11 is 0. The van der Waals surface area contributed by atoms with Crippen molar-refractivity contribution < 1.29 is 53.0 Å². The molecule has 0 rings (SSSR count). The van der Waals surface area contributed by atoms with Crippen LogP contribution in [0, 0.1) is 5.92 Å². The molecule has 3 unspecified atom stereocenters. The molecule has 0 aliphatic rings. The summed E-state index contributed by atoms with van der Waals surface area (Å²) in [6, 6.07) is 0. The molecule has 0 saturated carbocycles.